The van der Waals surface area contributed by atoms with E-state index in [1.165, 1.54) is 12.1 Å². The molecule has 5 nitrogen and oxygen atoms in total. The Morgan fingerprint density at radius 2 is 1.61 bits per heavy atom. The number of fused-ring (bicyclic) bond motifs is 1. The predicted octanol–water partition coefficient (Wildman–Crippen LogP) is 7.63. The lowest BCUT2D eigenvalue weighted by Crippen LogP contribution is -1.96. The fourth-order valence-corrected chi connectivity index (χ4v) is 4.00. The maximum Gasteiger partial charge on any atom is 0.254 e. The van der Waals surface area contributed by atoms with Crippen LogP contribution in [-0.4, -0.2) is 15.2 Å². The second-order valence-corrected chi connectivity index (χ2v) is 8.26. The van der Waals surface area contributed by atoms with Crippen molar-refractivity contribution in [3.05, 3.63) is 93.5 Å². The van der Waals surface area contributed by atoms with Crippen molar-refractivity contribution >= 4 is 45.7 Å². The van der Waals surface area contributed by atoms with Gasteiger partial charge >= 0.3 is 0 Å². The van der Waals surface area contributed by atoms with Gasteiger partial charge in [0.15, 0.2) is 6.61 Å². The zero-order valence-electron chi connectivity index (χ0n) is 16.7. The van der Waals surface area contributed by atoms with Gasteiger partial charge in [-0.2, -0.15) is 0 Å². The molecule has 0 saturated heterocycles. The van der Waals surface area contributed by atoms with E-state index in [9.17, 15) is 4.39 Å². The van der Waals surface area contributed by atoms with Gasteiger partial charge in [-0.05, 0) is 36.4 Å². The normalized spacial score (nSPS) is 11.2. The van der Waals surface area contributed by atoms with Gasteiger partial charge in [0.1, 0.15) is 11.6 Å². The molecule has 0 fully saturated rings. The Hall–Kier alpha value is -3.19. The average Bonchev–Trinajstić information content (AvgIpc) is 3.29. The number of hydrogen-bond donors (Lipinski definition) is 0. The first-order chi connectivity index (χ1) is 16.0. The number of hydrogen-bond acceptors (Lipinski definition) is 5. The third-order valence-corrected chi connectivity index (χ3v) is 5.80. The van der Waals surface area contributed by atoms with Gasteiger partial charge in [0.2, 0.25) is 5.89 Å². The van der Waals surface area contributed by atoms with Crippen LogP contribution in [0.4, 0.5) is 4.39 Å². The summed E-state index contributed by atoms with van der Waals surface area (Å²) in [5.41, 5.74) is 2.12. The molecular formula is C24H13Cl3FN3O2. The minimum absolute atomic E-state index is 0.0425. The molecule has 0 N–H and O–H groups in total. The van der Waals surface area contributed by atoms with E-state index in [-0.39, 0.29) is 28.4 Å². The molecule has 2 heterocycles. The smallest absolute Gasteiger partial charge is 0.254 e. The number of para-hydroxylation sites is 2. The average molecular weight is 501 g/mol. The lowest BCUT2D eigenvalue weighted by atomic mass is 10.0. The van der Waals surface area contributed by atoms with Crippen LogP contribution in [0.25, 0.3) is 33.6 Å². The summed E-state index contributed by atoms with van der Waals surface area (Å²) in [7, 11) is 0. The summed E-state index contributed by atoms with van der Waals surface area (Å²) in [6.45, 7) is 0.0425. The van der Waals surface area contributed by atoms with Crippen molar-refractivity contribution in [1.82, 2.24) is 15.2 Å². The monoisotopic (exact) mass is 499 g/mol. The molecule has 164 valence electrons. The van der Waals surface area contributed by atoms with E-state index >= 15 is 0 Å². The van der Waals surface area contributed by atoms with Crippen molar-refractivity contribution in [3.63, 3.8) is 0 Å². The van der Waals surface area contributed by atoms with E-state index in [2.05, 4.69) is 15.2 Å². The fraction of sp³-hybridized carbons (Fsp3) is 0.0417. The number of ether oxygens (including phenoxy) is 1. The van der Waals surface area contributed by atoms with Gasteiger partial charge < -0.3 is 9.15 Å². The van der Waals surface area contributed by atoms with Crippen molar-refractivity contribution in [2.45, 2.75) is 6.61 Å². The summed E-state index contributed by atoms with van der Waals surface area (Å²) >= 11 is 18.3. The van der Waals surface area contributed by atoms with Crippen LogP contribution in [0.2, 0.25) is 15.1 Å². The standard InChI is InChI=1S/C24H13Cl3FN3O2/c25-16-6-2-4-8-22(16)32-12-23-30-31-24(33-23)14-10-21(29-20-7-3-1-5-13(14)20)15-9-19(28)18(27)11-17(15)26/h1-11H,12H2. The van der Waals surface area contributed by atoms with E-state index < -0.39 is 5.82 Å². The molecular weight excluding hydrogens is 488 g/mol. The SMILES string of the molecule is Fc1cc(-c2cc(-c3nnc(COc4ccccc4Cl)o3)c3ccccc3n2)c(Cl)cc1Cl. The maximum atomic E-state index is 14.2. The van der Waals surface area contributed by atoms with Gasteiger partial charge in [0.05, 0.1) is 31.8 Å². The Labute approximate surface area is 202 Å². The molecule has 5 aromatic rings. The minimum atomic E-state index is -0.593. The first kappa shape index (κ1) is 21.6. The topological polar surface area (TPSA) is 61.0 Å². The molecule has 3 aromatic carbocycles. The Bertz CT molecular complexity index is 1490. The summed E-state index contributed by atoms with van der Waals surface area (Å²) in [5.74, 6) is 0.445. The van der Waals surface area contributed by atoms with Gasteiger partial charge in [-0.3, -0.25) is 0 Å². The lowest BCUT2D eigenvalue weighted by Gasteiger charge is -2.09. The Balaban J connectivity index is 1.55. The molecule has 33 heavy (non-hydrogen) atoms. The maximum absolute atomic E-state index is 14.2. The van der Waals surface area contributed by atoms with Gasteiger partial charge in [0.25, 0.3) is 5.89 Å². The molecule has 0 radical (unpaired) electrons. The minimum Gasteiger partial charge on any atom is -0.482 e. The molecule has 0 spiro atoms. The second kappa shape index (κ2) is 8.98. The van der Waals surface area contributed by atoms with Crippen LogP contribution < -0.4 is 4.74 Å². The third-order valence-electron chi connectivity index (χ3n) is 4.89. The molecule has 2 aromatic heterocycles. The molecule has 0 aliphatic carbocycles. The van der Waals surface area contributed by atoms with Crippen LogP contribution in [0.15, 0.2) is 71.1 Å². The summed E-state index contributed by atoms with van der Waals surface area (Å²) in [6, 6.07) is 18.9. The van der Waals surface area contributed by atoms with Crippen LogP contribution in [0.5, 0.6) is 5.75 Å². The Morgan fingerprint density at radius 3 is 2.45 bits per heavy atom. The van der Waals surface area contributed by atoms with Crippen LogP contribution in [0.3, 0.4) is 0 Å². The molecule has 0 unspecified atom stereocenters. The van der Waals surface area contributed by atoms with Crippen LogP contribution in [0, 0.1) is 5.82 Å². The van der Waals surface area contributed by atoms with Crippen LogP contribution in [0.1, 0.15) is 5.89 Å². The Morgan fingerprint density at radius 1 is 0.818 bits per heavy atom. The third kappa shape index (κ3) is 4.37. The first-order valence-electron chi connectivity index (χ1n) is 9.74. The van der Waals surface area contributed by atoms with Crippen molar-refractivity contribution < 1.29 is 13.5 Å². The second-order valence-electron chi connectivity index (χ2n) is 7.04. The highest BCUT2D eigenvalue weighted by Crippen LogP contribution is 2.36. The summed E-state index contributed by atoms with van der Waals surface area (Å²) in [4.78, 5) is 4.63. The highest BCUT2D eigenvalue weighted by molar-refractivity contribution is 6.36. The van der Waals surface area contributed by atoms with E-state index in [0.717, 1.165) is 5.39 Å². The van der Waals surface area contributed by atoms with Crippen LogP contribution in [-0.2, 0) is 6.61 Å². The van der Waals surface area contributed by atoms with Crippen molar-refractivity contribution in [2.24, 2.45) is 0 Å². The number of pyridine rings is 1. The molecule has 5 rings (SSSR count). The zero-order valence-corrected chi connectivity index (χ0v) is 19.0. The first-order valence-corrected chi connectivity index (χ1v) is 10.9. The largest absolute Gasteiger partial charge is 0.482 e. The number of aromatic nitrogens is 3. The Kier molecular flexibility index (Phi) is 5.89. The highest BCUT2D eigenvalue weighted by Gasteiger charge is 2.18. The van der Waals surface area contributed by atoms with Gasteiger partial charge in [-0.1, -0.05) is 65.1 Å². The highest BCUT2D eigenvalue weighted by atomic mass is 35.5. The molecule has 9 heteroatoms. The summed E-state index contributed by atoms with van der Waals surface area (Å²) in [6.07, 6.45) is 0. The summed E-state index contributed by atoms with van der Waals surface area (Å²) < 4.78 is 25.7. The van der Waals surface area contributed by atoms with E-state index in [1.807, 2.05) is 36.4 Å². The lowest BCUT2D eigenvalue weighted by molar-refractivity contribution is 0.264. The van der Waals surface area contributed by atoms with Crippen LogP contribution >= 0.6 is 34.8 Å². The molecule has 0 bridgehead atoms. The number of nitrogens with zero attached hydrogens (tertiary/aromatic N) is 3. The molecule has 0 aliphatic rings. The molecule has 0 saturated carbocycles. The van der Waals surface area contributed by atoms with Gasteiger partial charge in [-0.15, -0.1) is 10.2 Å². The van der Waals surface area contributed by atoms with Crippen molar-refractivity contribution in [2.75, 3.05) is 0 Å². The molecule has 0 amide bonds. The predicted molar refractivity (Wildman–Crippen MR) is 126 cm³/mol. The quantitative estimate of drug-likeness (QED) is 0.232. The van der Waals surface area contributed by atoms with E-state index in [0.29, 0.717) is 33.1 Å². The fourth-order valence-electron chi connectivity index (χ4n) is 3.33. The van der Waals surface area contributed by atoms with E-state index in [4.69, 9.17) is 44.0 Å². The number of halogens is 4. The van der Waals surface area contributed by atoms with Crippen molar-refractivity contribution in [3.8, 4) is 28.5 Å². The molecule has 0 aliphatic heterocycles. The zero-order chi connectivity index (χ0) is 22.9. The number of rotatable bonds is 5. The summed E-state index contributed by atoms with van der Waals surface area (Å²) in [5, 5.41) is 9.73. The van der Waals surface area contributed by atoms with Gasteiger partial charge in [0, 0.05) is 10.9 Å². The van der Waals surface area contributed by atoms with E-state index in [1.54, 1.807) is 18.2 Å². The van der Waals surface area contributed by atoms with Crippen molar-refractivity contribution in [1.29, 1.82) is 0 Å². The molecule has 0 atom stereocenters. The van der Waals surface area contributed by atoms with Gasteiger partial charge in [-0.25, -0.2) is 9.37 Å². The number of benzene rings is 3.